The van der Waals surface area contributed by atoms with Gasteiger partial charge >= 0.3 is 0 Å². The molecule has 0 aliphatic carbocycles. The number of fused-ring (bicyclic) bond motifs is 1. The molecule has 0 fully saturated rings. The van der Waals surface area contributed by atoms with Crippen LogP contribution in [0.5, 0.6) is 0 Å². The largest absolute Gasteiger partial charge is 0.436 e. The minimum Gasteiger partial charge on any atom is -0.436 e. The van der Waals surface area contributed by atoms with E-state index >= 15 is 0 Å². The van der Waals surface area contributed by atoms with Crippen LogP contribution >= 0.6 is 23.2 Å². The van der Waals surface area contributed by atoms with Crippen LogP contribution in [0.15, 0.2) is 71.3 Å². The van der Waals surface area contributed by atoms with E-state index in [0.29, 0.717) is 44.0 Å². The zero-order chi connectivity index (χ0) is 22.2. The molecule has 0 atom stereocenters. The highest BCUT2D eigenvalue weighted by atomic mass is 35.5. The minimum atomic E-state index is -0.219. The molecule has 5 aromatic rings. The van der Waals surface area contributed by atoms with Crippen molar-refractivity contribution in [3.63, 3.8) is 0 Å². The number of halogens is 2. The third-order valence-corrected chi connectivity index (χ3v) is 5.79. The summed E-state index contributed by atoms with van der Waals surface area (Å²) in [7, 11) is 0. The monoisotopic (exact) mass is 462 g/mol. The lowest BCUT2D eigenvalue weighted by atomic mass is 10.1. The molecule has 0 unspecified atom stereocenters. The van der Waals surface area contributed by atoms with Crippen molar-refractivity contribution in [2.24, 2.45) is 0 Å². The summed E-state index contributed by atoms with van der Waals surface area (Å²) in [6.45, 7) is 1.82. The number of hydrogen-bond donors (Lipinski definition) is 2. The molecule has 6 nitrogen and oxygen atoms in total. The van der Waals surface area contributed by atoms with Gasteiger partial charge in [-0.1, -0.05) is 41.4 Å². The van der Waals surface area contributed by atoms with E-state index in [0.717, 1.165) is 16.7 Å². The van der Waals surface area contributed by atoms with Crippen molar-refractivity contribution in [1.82, 2.24) is 15.2 Å². The van der Waals surface area contributed by atoms with Gasteiger partial charge in [-0.2, -0.15) is 5.10 Å². The van der Waals surface area contributed by atoms with Gasteiger partial charge in [0.1, 0.15) is 11.2 Å². The van der Waals surface area contributed by atoms with Crippen LogP contribution < -0.4 is 5.32 Å². The standard InChI is InChI=1S/C24H16Cl2N4O2/c1-13-17(3-2-4-19(13)26)23(31)28-16-8-5-14(6-9-16)22-18(12-27-30-22)24-29-20-11-15(25)7-10-21(20)32-24/h2-12H,1H3,(H,27,30)(H,28,31). The number of anilines is 1. The smallest absolute Gasteiger partial charge is 0.255 e. The number of carbonyl (C=O) groups excluding carboxylic acids is 1. The van der Waals surface area contributed by atoms with Crippen molar-refractivity contribution in [2.75, 3.05) is 5.32 Å². The van der Waals surface area contributed by atoms with E-state index in [2.05, 4.69) is 20.5 Å². The van der Waals surface area contributed by atoms with Crippen molar-refractivity contribution in [3.8, 4) is 22.7 Å². The van der Waals surface area contributed by atoms with Crippen molar-refractivity contribution >= 4 is 45.9 Å². The van der Waals surface area contributed by atoms with E-state index in [1.165, 1.54) is 0 Å². The number of benzene rings is 3. The lowest BCUT2D eigenvalue weighted by Gasteiger charge is -2.09. The lowest BCUT2D eigenvalue weighted by molar-refractivity contribution is 0.102. The predicted octanol–water partition coefficient (Wildman–Crippen LogP) is 6.75. The summed E-state index contributed by atoms with van der Waals surface area (Å²) in [5, 5.41) is 11.3. The number of oxazole rings is 1. The van der Waals surface area contributed by atoms with Crippen LogP contribution in [-0.2, 0) is 0 Å². The Balaban J connectivity index is 1.41. The predicted molar refractivity (Wildman–Crippen MR) is 126 cm³/mol. The van der Waals surface area contributed by atoms with Gasteiger partial charge in [-0.15, -0.1) is 0 Å². The maximum atomic E-state index is 12.6. The van der Waals surface area contributed by atoms with Gasteiger partial charge in [0.2, 0.25) is 5.89 Å². The maximum absolute atomic E-state index is 12.6. The third kappa shape index (κ3) is 3.75. The number of aromatic amines is 1. The molecule has 158 valence electrons. The van der Waals surface area contributed by atoms with Gasteiger partial charge in [0, 0.05) is 33.1 Å². The summed E-state index contributed by atoms with van der Waals surface area (Å²) in [6.07, 6.45) is 1.74. The van der Waals surface area contributed by atoms with Crippen LogP contribution in [0.3, 0.4) is 0 Å². The van der Waals surface area contributed by atoms with E-state index in [1.54, 1.807) is 42.6 Å². The van der Waals surface area contributed by atoms with Gasteiger partial charge in [-0.3, -0.25) is 9.89 Å². The fraction of sp³-hybridized carbons (Fsp3) is 0.0417. The molecule has 0 aliphatic heterocycles. The number of amides is 1. The van der Waals surface area contributed by atoms with Crippen LogP contribution in [-0.4, -0.2) is 21.1 Å². The molecule has 5 rings (SSSR count). The minimum absolute atomic E-state index is 0.219. The maximum Gasteiger partial charge on any atom is 0.255 e. The van der Waals surface area contributed by atoms with Crippen LogP contribution in [0.25, 0.3) is 33.8 Å². The number of nitrogens with one attached hydrogen (secondary N) is 2. The Kier molecular flexibility index (Phi) is 5.17. The van der Waals surface area contributed by atoms with Gasteiger partial charge in [0.05, 0.1) is 5.56 Å². The van der Waals surface area contributed by atoms with Crippen LogP contribution in [0.1, 0.15) is 15.9 Å². The first-order chi connectivity index (χ1) is 15.5. The first-order valence-corrected chi connectivity index (χ1v) is 10.5. The summed E-state index contributed by atoms with van der Waals surface area (Å²) in [5.74, 6) is 0.225. The molecule has 2 heterocycles. The molecule has 1 amide bonds. The molecule has 2 N–H and O–H groups in total. The summed E-state index contributed by atoms with van der Waals surface area (Å²) >= 11 is 12.2. The molecular weight excluding hydrogens is 447 g/mol. The van der Waals surface area contributed by atoms with Gasteiger partial charge in [0.25, 0.3) is 5.91 Å². The number of hydrogen-bond acceptors (Lipinski definition) is 4. The van der Waals surface area contributed by atoms with Crippen LogP contribution in [0, 0.1) is 6.92 Å². The zero-order valence-corrected chi connectivity index (χ0v) is 18.3. The Morgan fingerprint density at radius 3 is 2.69 bits per heavy atom. The Hall–Kier alpha value is -3.61. The average Bonchev–Trinajstić information content (AvgIpc) is 3.42. The normalized spacial score (nSPS) is 11.1. The lowest BCUT2D eigenvalue weighted by Crippen LogP contribution is -2.13. The number of aromatic nitrogens is 3. The highest BCUT2D eigenvalue weighted by Crippen LogP contribution is 2.33. The van der Waals surface area contributed by atoms with Crippen molar-refractivity contribution in [1.29, 1.82) is 0 Å². The van der Waals surface area contributed by atoms with E-state index in [1.807, 2.05) is 31.2 Å². The molecule has 0 radical (unpaired) electrons. The molecule has 0 spiro atoms. The van der Waals surface area contributed by atoms with E-state index in [-0.39, 0.29) is 5.91 Å². The molecule has 3 aromatic carbocycles. The molecule has 0 saturated heterocycles. The highest BCUT2D eigenvalue weighted by molar-refractivity contribution is 6.32. The molecule has 32 heavy (non-hydrogen) atoms. The number of H-pyrrole nitrogens is 1. The molecular formula is C24H16Cl2N4O2. The number of rotatable bonds is 4. The van der Waals surface area contributed by atoms with Crippen molar-refractivity contribution < 1.29 is 9.21 Å². The second kappa shape index (κ2) is 8.15. The second-order valence-electron chi connectivity index (χ2n) is 7.22. The van der Waals surface area contributed by atoms with E-state index in [9.17, 15) is 4.79 Å². The topological polar surface area (TPSA) is 83.8 Å². The quantitative estimate of drug-likeness (QED) is 0.309. The first kappa shape index (κ1) is 20.3. The van der Waals surface area contributed by atoms with E-state index < -0.39 is 0 Å². The third-order valence-electron chi connectivity index (χ3n) is 5.15. The Bertz CT molecular complexity index is 1450. The fourth-order valence-electron chi connectivity index (χ4n) is 3.45. The Morgan fingerprint density at radius 1 is 1.06 bits per heavy atom. The highest BCUT2D eigenvalue weighted by Gasteiger charge is 2.17. The summed E-state index contributed by atoms with van der Waals surface area (Å²) in [6, 6.07) is 17.9. The van der Waals surface area contributed by atoms with Crippen LogP contribution in [0.4, 0.5) is 5.69 Å². The second-order valence-corrected chi connectivity index (χ2v) is 8.07. The Labute approximate surface area is 193 Å². The fourth-order valence-corrected chi connectivity index (χ4v) is 3.79. The van der Waals surface area contributed by atoms with Crippen molar-refractivity contribution in [2.45, 2.75) is 6.92 Å². The molecule has 8 heteroatoms. The molecule has 0 aliphatic rings. The van der Waals surface area contributed by atoms with Gasteiger partial charge < -0.3 is 9.73 Å². The van der Waals surface area contributed by atoms with E-state index in [4.69, 9.17) is 27.6 Å². The van der Waals surface area contributed by atoms with Gasteiger partial charge in [-0.05, 0) is 55.0 Å². The molecule has 2 aromatic heterocycles. The molecule has 0 saturated carbocycles. The summed E-state index contributed by atoms with van der Waals surface area (Å²) < 4.78 is 5.88. The molecule has 0 bridgehead atoms. The van der Waals surface area contributed by atoms with Gasteiger partial charge in [0.15, 0.2) is 5.58 Å². The first-order valence-electron chi connectivity index (χ1n) is 9.77. The number of carbonyl (C=O) groups is 1. The van der Waals surface area contributed by atoms with Gasteiger partial charge in [-0.25, -0.2) is 4.98 Å². The Morgan fingerprint density at radius 2 is 1.88 bits per heavy atom. The average molecular weight is 463 g/mol. The zero-order valence-electron chi connectivity index (χ0n) is 16.8. The summed E-state index contributed by atoms with van der Waals surface area (Å²) in [5.41, 5.74) is 5.51. The number of nitrogens with zero attached hydrogens (tertiary/aromatic N) is 2. The SMILES string of the molecule is Cc1c(Cl)cccc1C(=O)Nc1ccc(-c2n[nH]cc2-c2nc3cc(Cl)ccc3o2)cc1. The van der Waals surface area contributed by atoms with Crippen LogP contribution in [0.2, 0.25) is 10.0 Å². The van der Waals surface area contributed by atoms with Crippen molar-refractivity contribution in [3.05, 3.63) is 88.0 Å². The summed E-state index contributed by atoms with van der Waals surface area (Å²) in [4.78, 5) is 17.2.